The van der Waals surface area contributed by atoms with Crippen LogP contribution in [0.2, 0.25) is 0 Å². The molecule has 0 amide bonds. The second-order valence-corrected chi connectivity index (χ2v) is 4.35. The molecule has 1 heterocycles. The van der Waals surface area contributed by atoms with E-state index in [0.717, 1.165) is 19.5 Å². The van der Waals surface area contributed by atoms with Gasteiger partial charge in [-0.2, -0.15) is 11.8 Å². The van der Waals surface area contributed by atoms with Crippen LogP contribution in [0.15, 0.2) is 0 Å². The Kier molecular flexibility index (Phi) is 3.40. The maximum absolute atomic E-state index is 10.9. The second-order valence-electron chi connectivity index (χ2n) is 3.07. The number of Topliss-reactive ketones (excluding diaryl/α,β-unsaturated/α-hetero) is 1. The molecule has 0 N–H and O–H groups in total. The predicted octanol–water partition coefficient (Wildman–Crippen LogP) is 1.01. The summed E-state index contributed by atoms with van der Waals surface area (Å²) < 4.78 is 0. The van der Waals surface area contributed by atoms with Crippen LogP contribution >= 0.6 is 11.8 Å². The molecule has 0 aromatic carbocycles. The molecule has 0 aromatic heterocycles. The van der Waals surface area contributed by atoms with Gasteiger partial charge < -0.3 is 0 Å². The van der Waals surface area contributed by atoms with Crippen LogP contribution in [0.5, 0.6) is 0 Å². The maximum atomic E-state index is 10.9. The summed E-state index contributed by atoms with van der Waals surface area (Å²) in [6.45, 7) is 4.93. The van der Waals surface area contributed by atoms with Crippen LogP contribution in [0.1, 0.15) is 13.3 Å². The van der Waals surface area contributed by atoms with Crippen molar-refractivity contribution >= 4 is 17.5 Å². The van der Waals surface area contributed by atoms with Gasteiger partial charge in [0.15, 0.2) is 0 Å². The highest BCUT2D eigenvalue weighted by Gasteiger charge is 2.19. The van der Waals surface area contributed by atoms with E-state index in [1.165, 1.54) is 0 Å². The number of ketones is 1. The van der Waals surface area contributed by atoms with Gasteiger partial charge in [-0.15, -0.1) is 0 Å². The van der Waals surface area contributed by atoms with Crippen molar-refractivity contribution in [3.05, 3.63) is 0 Å². The van der Waals surface area contributed by atoms with E-state index in [1.54, 1.807) is 0 Å². The van der Waals surface area contributed by atoms with E-state index < -0.39 is 0 Å². The molecule has 11 heavy (non-hydrogen) atoms. The normalized spacial score (nSPS) is 22.5. The highest BCUT2D eigenvalue weighted by molar-refractivity contribution is 7.99. The third-order valence-electron chi connectivity index (χ3n) is 2.02. The van der Waals surface area contributed by atoms with E-state index in [1.807, 2.05) is 11.8 Å². The molecule has 3 heteroatoms. The highest BCUT2D eigenvalue weighted by atomic mass is 32.2. The first-order chi connectivity index (χ1) is 5.22. The number of rotatable bonds is 3. The number of hydrogen-bond acceptors (Lipinski definition) is 3. The third-order valence-corrected chi connectivity index (χ3v) is 2.98. The average molecular weight is 173 g/mol. The van der Waals surface area contributed by atoms with Crippen LogP contribution in [0.4, 0.5) is 0 Å². The molecule has 0 aromatic rings. The summed E-state index contributed by atoms with van der Waals surface area (Å²) in [5, 5.41) is 0.654. The molecule has 0 radical (unpaired) electrons. The first kappa shape index (κ1) is 9.07. The fourth-order valence-electron chi connectivity index (χ4n) is 1.28. The Labute approximate surface area is 72.3 Å². The molecule has 1 unspecified atom stereocenters. The number of carbonyl (C=O) groups excluding carboxylic acids is 1. The van der Waals surface area contributed by atoms with Crippen LogP contribution in [-0.2, 0) is 4.79 Å². The zero-order valence-corrected chi connectivity index (χ0v) is 7.99. The lowest BCUT2D eigenvalue weighted by Gasteiger charge is -2.17. The van der Waals surface area contributed by atoms with Crippen molar-refractivity contribution in [2.24, 2.45) is 0 Å². The minimum Gasteiger partial charge on any atom is -0.298 e. The van der Waals surface area contributed by atoms with Crippen molar-refractivity contribution in [1.29, 1.82) is 0 Å². The molecule has 1 fully saturated rings. The zero-order valence-electron chi connectivity index (χ0n) is 7.17. The molecule has 0 saturated carbocycles. The molecule has 1 atom stereocenters. The smallest absolute Gasteiger partial charge is 0.148 e. The monoisotopic (exact) mass is 173 g/mol. The lowest BCUT2D eigenvalue weighted by atomic mass is 10.4. The minimum atomic E-state index is 0.401. The number of nitrogens with zero attached hydrogens (tertiary/aromatic N) is 1. The number of carbonyl (C=O) groups is 1. The van der Waals surface area contributed by atoms with Gasteiger partial charge >= 0.3 is 0 Å². The molecule has 1 aliphatic heterocycles. The number of likely N-dealkylation sites (tertiary alicyclic amines) is 1. The Balaban J connectivity index is 2.22. The summed E-state index contributed by atoms with van der Waals surface area (Å²) >= 11 is 1.86. The van der Waals surface area contributed by atoms with Gasteiger partial charge in [-0.3, -0.25) is 9.69 Å². The molecule has 1 aliphatic rings. The number of hydrogen-bond donors (Lipinski definition) is 0. The van der Waals surface area contributed by atoms with Crippen molar-refractivity contribution in [3.8, 4) is 0 Å². The quantitative estimate of drug-likeness (QED) is 0.635. The van der Waals surface area contributed by atoms with Gasteiger partial charge in [0.05, 0.1) is 6.54 Å². The molecule has 0 spiro atoms. The van der Waals surface area contributed by atoms with Crippen LogP contribution in [-0.4, -0.2) is 41.8 Å². The van der Waals surface area contributed by atoms with Gasteiger partial charge in [0.2, 0.25) is 0 Å². The summed E-state index contributed by atoms with van der Waals surface area (Å²) in [7, 11) is 0. The van der Waals surface area contributed by atoms with Gasteiger partial charge in [-0.05, 0) is 6.26 Å². The van der Waals surface area contributed by atoms with Crippen molar-refractivity contribution in [2.45, 2.75) is 18.6 Å². The van der Waals surface area contributed by atoms with E-state index in [4.69, 9.17) is 0 Å². The standard InChI is InChI=1S/C8H15NOS/c1-7(11-2)5-9-4-3-8(10)6-9/h7H,3-6H2,1-2H3. The molecule has 1 saturated heterocycles. The zero-order chi connectivity index (χ0) is 8.27. The Morgan fingerprint density at radius 3 is 2.91 bits per heavy atom. The van der Waals surface area contributed by atoms with E-state index in [2.05, 4.69) is 18.1 Å². The van der Waals surface area contributed by atoms with Crippen molar-refractivity contribution < 1.29 is 4.79 Å². The Morgan fingerprint density at radius 1 is 1.73 bits per heavy atom. The van der Waals surface area contributed by atoms with Gasteiger partial charge in [0.25, 0.3) is 0 Å². The van der Waals surface area contributed by atoms with E-state index in [9.17, 15) is 4.79 Å². The molecule has 0 bridgehead atoms. The topological polar surface area (TPSA) is 20.3 Å². The summed E-state index contributed by atoms with van der Waals surface area (Å²) in [6.07, 6.45) is 2.88. The molecule has 2 nitrogen and oxygen atoms in total. The van der Waals surface area contributed by atoms with Crippen molar-refractivity contribution in [2.75, 3.05) is 25.9 Å². The Hall–Kier alpha value is -0.0200. The predicted molar refractivity (Wildman–Crippen MR) is 49.0 cm³/mol. The van der Waals surface area contributed by atoms with E-state index in [-0.39, 0.29) is 0 Å². The first-order valence-corrected chi connectivity index (χ1v) is 5.28. The Bertz CT molecular complexity index is 149. The van der Waals surface area contributed by atoms with E-state index in [0.29, 0.717) is 17.6 Å². The van der Waals surface area contributed by atoms with Gasteiger partial charge in [-0.25, -0.2) is 0 Å². The largest absolute Gasteiger partial charge is 0.298 e. The van der Waals surface area contributed by atoms with Gasteiger partial charge in [0, 0.05) is 24.8 Å². The van der Waals surface area contributed by atoms with Crippen molar-refractivity contribution in [1.82, 2.24) is 4.90 Å². The summed E-state index contributed by atoms with van der Waals surface area (Å²) in [5.41, 5.74) is 0. The fraction of sp³-hybridized carbons (Fsp3) is 0.875. The molecule has 0 aliphatic carbocycles. The fourth-order valence-corrected chi connectivity index (χ4v) is 1.64. The summed E-state index contributed by atoms with van der Waals surface area (Å²) in [4.78, 5) is 13.1. The van der Waals surface area contributed by atoms with Crippen LogP contribution < -0.4 is 0 Å². The lowest BCUT2D eigenvalue weighted by molar-refractivity contribution is -0.116. The van der Waals surface area contributed by atoms with Crippen LogP contribution in [0, 0.1) is 0 Å². The van der Waals surface area contributed by atoms with Gasteiger partial charge in [0.1, 0.15) is 5.78 Å². The summed E-state index contributed by atoms with van der Waals surface area (Å²) in [5.74, 6) is 0.401. The SMILES string of the molecule is CSC(C)CN1CCC(=O)C1. The maximum Gasteiger partial charge on any atom is 0.148 e. The third kappa shape index (κ3) is 2.83. The Morgan fingerprint density at radius 2 is 2.45 bits per heavy atom. The minimum absolute atomic E-state index is 0.401. The lowest BCUT2D eigenvalue weighted by Crippen LogP contribution is -2.27. The molecular formula is C8H15NOS. The molecule has 64 valence electrons. The molecular weight excluding hydrogens is 158 g/mol. The van der Waals surface area contributed by atoms with Gasteiger partial charge in [-0.1, -0.05) is 6.92 Å². The highest BCUT2D eigenvalue weighted by Crippen LogP contribution is 2.11. The average Bonchev–Trinajstić information content (AvgIpc) is 2.35. The van der Waals surface area contributed by atoms with Crippen LogP contribution in [0.25, 0.3) is 0 Å². The van der Waals surface area contributed by atoms with E-state index >= 15 is 0 Å². The number of thioether (sulfide) groups is 1. The first-order valence-electron chi connectivity index (χ1n) is 3.99. The van der Waals surface area contributed by atoms with Crippen molar-refractivity contribution in [3.63, 3.8) is 0 Å². The summed E-state index contributed by atoms with van der Waals surface area (Å²) in [6, 6.07) is 0. The molecule has 1 rings (SSSR count). The van der Waals surface area contributed by atoms with Crippen LogP contribution in [0.3, 0.4) is 0 Å². The second kappa shape index (κ2) is 4.12.